The van der Waals surface area contributed by atoms with Crippen molar-refractivity contribution in [1.82, 2.24) is 14.5 Å². The number of hydrogen-bond donors (Lipinski definition) is 1. The third kappa shape index (κ3) is 2.85. The second-order valence-corrected chi connectivity index (χ2v) is 8.97. The molecule has 0 aromatic carbocycles. The minimum Gasteiger partial charge on any atom is -0.281 e. The van der Waals surface area contributed by atoms with Crippen molar-refractivity contribution in [2.24, 2.45) is 0 Å². The van der Waals surface area contributed by atoms with E-state index in [0.29, 0.717) is 10.9 Å². The van der Waals surface area contributed by atoms with Crippen LogP contribution >= 0.6 is 34.5 Å². The lowest BCUT2D eigenvalue weighted by molar-refractivity contribution is 0.251. The highest BCUT2D eigenvalue weighted by molar-refractivity contribution is 7.89. The molecule has 1 aliphatic heterocycles. The number of H-pyrrole nitrogens is 1. The molecule has 1 unspecified atom stereocenters. The number of halogens is 2. The van der Waals surface area contributed by atoms with E-state index in [1.165, 1.54) is 10.4 Å². The Morgan fingerprint density at radius 2 is 2.19 bits per heavy atom. The molecule has 9 heteroatoms. The van der Waals surface area contributed by atoms with Gasteiger partial charge in [-0.2, -0.15) is 9.40 Å². The number of thiophene rings is 1. The number of nitrogens with zero attached hydrogens (tertiary/aromatic N) is 2. The van der Waals surface area contributed by atoms with Crippen molar-refractivity contribution in [3.63, 3.8) is 0 Å². The smallest absolute Gasteiger partial charge is 0.246 e. The van der Waals surface area contributed by atoms with Gasteiger partial charge in [-0.1, -0.05) is 29.6 Å². The molecule has 0 amide bonds. The average molecular weight is 366 g/mol. The van der Waals surface area contributed by atoms with Crippen molar-refractivity contribution in [1.29, 1.82) is 0 Å². The van der Waals surface area contributed by atoms with E-state index >= 15 is 0 Å². The first kappa shape index (κ1) is 15.3. The molecule has 1 atom stereocenters. The van der Waals surface area contributed by atoms with E-state index < -0.39 is 10.0 Å². The summed E-state index contributed by atoms with van der Waals surface area (Å²) >= 11 is 13.0. The number of aromatic nitrogens is 2. The standard InChI is InChI=1S/C12H13Cl2N3O2S2/c13-11-7-10(12(14)20-11)21(18,19)17-6-2-1-3-9(17)8-4-5-15-16-8/h4-5,7,9H,1-3,6H2,(H,15,16). The van der Waals surface area contributed by atoms with Crippen LogP contribution in [0.2, 0.25) is 8.67 Å². The fourth-order valence-corrected chi connectivity index (χ4v) is 6.37. The summed E-state index contributed by atoms with van der Waals surface area (Å²) in [5.41, 5.74) is 0.802. The van der Waals surface area contributed by atoms with E-state index in [2.05, 4.69) is 10.2 Å². The predicted molar refractivity (Wildman–Crippen MR) is 83.4 cm³/mol. The van der Waals surface area contributed by atoms with Crippen molar-refractivity contribution in [3.8, 4) is 0 Å². The van der Waals surface area contributed by atoms with Gasteiger partial charge < -0.3 is 0 Å². The molecule has 0 bridgehead atoms. The highest BCUT2D eigenvalue weighted by atomic mass is 35.5. The van der Waals surface area contributed by atoms with Crippen LogP contribution in [0.15, 0.2) is 23.2 Å². The lowest BCUT2D eigenvalue weighted by atomic mass is 10.0. The number of hydrogen-bond acceptors (Lipinski definition) is 4. The SMILES string of the molecule is O=S(=O)(c1cc(Cl)sc1Cl)N1CCCCC1c1ccn[nH]1. The predicted octanol–water partition coefficient (Wildman–Crippen LogP) is 3.69. The molecule has 0 saturated carbocycles. The Kier molecular flexibility index (Phi) is 4.29. The maximum absolute atomic E-state index is 12.9. The number of sulfonamides is 1. The van der Waals surface area contributed by atoms with E-state index in [4.69, 9.17) is 23.2 Å². The van der Waals surface area contributed by atoms with Crippen molar-refractivity contribution >= 4 is 44.6 Å². The van der Waals surface area contributed by atoms with Gasteiger partial charge in [-0.05, 0) is 25.0 Å². The van der Waals surface area contributed by atoms with Gasteiger partial charge in [0.2, 0.25) is 10.0 Å². The first-order chi connectivity index (χ1) is 10.00. The monoisotopic (exact) mass is 365 g/mol. The maximum Gasteiger partial charge on any atom is 0.246 e. The Morgan fingerprint density at radius 1 is 1.38 bits per heavy atom. The minimum absolute atomic E-state index is 0.0885. The summed E-state index contributed by atoms with van der Waals surface area (Å²) in [7, 11) is -3.67. The summed E-state index contributed by atoms with van der Waals surface area (Å²) in [6.45, 7) is 0.468. The third-order valence-corrected chi connectivity index (χ3v) is 7.21. The molecule has 21 heavy (non-hydrogen) atoms. The highest BCUT2D eigenvalue weighted by Crippen LogP contribution is 2.40. The van der Waals surface area contributed by atoms with Crippen LogP contribution in [-0.2, 0) is 10.0 Å². The zero-order valence-corrected chi connectivity index (χ0v) is 14.1. The quantitative estimate of drug-likeness (QED) is 0.901. The first-order valence-electron chi connectivity index (χ1n) is 6.46. The van der Waals surface area contributed by atoms with Crippen molar-refractivity contribution < 1.29 is 8.42 Å². The molecule has 1 fully saturated rings. The molecule has 5 nitrogen and oxygen atoms in total. The second kappa shape index (κ2) is 5.89. The fourth-order valence-electron chi connectivity index (χ4n) is 2.58. The molecular formula is C12H13Cl2N3O2S2. The highest BCUT2D eigenvalue weighted by Gasteiger charge is 2.36. The van der Waals surface area contributed by atoms with Crippen LogP contribution in [-0.4, -0.2) is 29.5 Å². The molecule has 0 radical (unpaired) electrons. The largest absolute Gasteiger partial charge is 0.281 e. The van der Waals surface area contributed by atoms with Gasteiger partial charge in [-0.25, -0.2) is 8.42 Å². The number of nitrogens with one attached hydrogen (secondary N) is 1. The van der Waals surface area contributed by atoms with Crippen LogP contribution in [0.5, 0.6) is 0 Å². The molecule has 0 spiro atoms. The fraction of sp³-hybridized carbons (Fsp3) is 0.417. The van der Waals surface area contributed by atoms with Gasteiger partial charge in [0.05, 0.1) is 16.1 Å². The summed E-state index contributed by atoms with van der Waals surface area (Å²) in [5.74, 6) is 0. The zero-order valence-electron chi connectivity index (χ0n) is 10.9. The Morgan fingerprint density at radius 3 is 2.81 bits per heavy atom. The van der Waals surface area contributed by atoms with Crippen LogP contribution < -0.4 is 0 Å². The molecule has 3 rings (SSSR count). The van der Waals surface area contributed by atoms with E-state index in [1.54, 1.807) is 12.3 Å². The van der Waals surface area contributed by atoms with Crippen molar-refractivity contribution in [2.45, 2.75) is 30.2 Å². The second-order valence-electron chi connectivity index (χ2n) is 4.83. The van der Waals surface area contributed by atoms with Crippen LogP contribution in [0.4, 0.5) is 0 Å². The van der Waals surface area contributed by atoms with Crippen LogP contribution in [0.3, 0.4) is 0 Å². The molecule has 3 heterocycles. The van der Waals surface area contributed by atoms with Crippen molar-refractivity contribution in [3.05, 3.63) is 32.7 Å². The Bertz CT molecular complexity index is 728. The lowest BCUT2D eigenvalue weighted by Crippen LogP contribution is -2.38. The van der Waals surface area contributed by atoms with Crippen LogP contribution in [0.25, 0.3) is 0 Å². The topological polar surface area (TPSA) is 66.1 Å². The van der Waals surface area contributed by atoms with E-state index in [9.17, 15) is 8.42 Å². The zero-order chi connectivity index (χ0) is 15.0. The number of piperidine rings is 1. The summed E-state index contributed by atoms with van der Waals surface area (Å²) in [6.07, 6.45) is 4.20. The molecule has 2 aromatic heterocycles. The lowest BCUT2D eigenvalue weighted by Gasteiger charge is -2.33. The summed E-state index contributed by atoms with van der Waals surface area (Å²) in [5, 5.41) is 6.78. The van der Waals surface area contributed by atoms with E-state index in [-0.39, 0.29) is 15.3 Å². The molecule has 2 aromatic rings. The number of rotatable bonds is 3. The van der Waals surface area contributed by atoms with Gasteiger partial charge in [0.15, 0.2) is 0 Å². The molecule has 0 aliphatic carbocycles. The third-order valence-electron chi connectivity index (χ3n) is 3.55. The molecule has 1 saturated heterocycles. The van der Waals surface area contributed by atoms with E-state index in [0.717, 1.165) is 36.3 Å². The summed E-state index contributed by atoms with van der Waals surface area (Å²) in [4.78, 5) is 0.0885. The van der Waals surface area contributed by atoms with Gasteiger partial charge in [0.1, 0.15) is 9.23 Å². The van der Waals surface area contributed by atoms with Crippen LogP contribution in [0.1, 0.15) is 31.0 Å². The van der Waals surface area contributed by atoms with E-state index in [1.807, 2.05) is 0 Å². The van der Waals surface area contributed by atoms with Gasteiger partial charge in [-0.15, -0.1) is 11.3 Å². The van der Waals surface area contributed by atoms with Gasteiger partial charge in [0, 0.05) is 12.7 Å². The number of aromatic amines is 1. The van der Waals surface area contributed by atoms with Crippen molar-refractivity contribution in [2.75, 3.05) is 6.54 Å². The molecule has 1 N–H and O–H groups in total. The first-order valence-corrected chi connectivity index (χ1v) is 9.47. The van der Waals surface area contributed by atoms with Gasteiger partial charge in [0.25, 0.3) is 0 Å². The summed E-state index contributed by atoms with van der Waals surface area (Å²) < 4.78 is 27.8. The van der Waals surface area contributed by atoms with Gasteiger partial charge >= 0.3 is 0 Å². The maximum atomic E-state index is 12.9. The Labute approximate surface area is 136 Å². The molecule has 114 valence electrons. The Hall–Kier alpha value is -0.600. The summed E-state index contributed by atoms with van der Waals surface area (Å²) in [6, 6.07) is 2.99. The molecule has 1 aliphatic rings. The average Bonchev–Trinajstić information content (AvgIpc) is 3.08. The normalized spacial score (nSPS) is 20.8. The van der Waals surface area contributed by atoms with Crippen LogP contribution in [0, 0.1) is 0 Å². The minimum atomic E-state index is -3.67. The van der Waals surface area contributed by atoms with Gasteiger partial charge in [-0.3, -0.25) is 5.10 Å². The Balaban J connectivity index is 2.01. The molecular weight excluding hydrogens is 353 g/mol.